The van der Waals surface area contributed by atoms with Gasteiger partial charge in [-0.15, -0.1) is 0 Å². The third kappa shape index (κ3) is 14.5. The summed E-state index contributed by atoms with van der Waals surface area (Å²) in [5, 5.41) is 8.48. The van der Waals surface area contributed by atoms with Crippen molar-refractivity contribution in [2.24, 2.45) is 5.14 Å². The van der Waals surface area contributed by atoms with Gasteiger partial charge in [0, 0.05) is 35.8 Å². The van der Waals surface area contributed by atoms with Crippen LogP contribution >= 0.6 is 23.2 Å². The van der Waals surface area contributed by atoms with Gasteiger partial charge in [-0.2, -0.15) is 0 Å². The number of primary sulfonamides is 1. The molecule has 0 fully saturated rings. The standard InChI is InChI=1S/C38H47Cl2N3O12S/c1-25(34(45)26-12-9-13-27(39)20-26)43(38(2,3)4)37(48)55-24-54-36(47)32(44)15-11-17-51-16-7-5-6-8-18-53-35(46)29-21-33(56(41,49)50)30(40)22-31(29)42-23-28-14-10-19-52-28/h9-10,12-14,19-22,25,42H,5-8,11,15-18,23-24H2,1-4H3,(H2,41,49,50). The van der Waals surface area contributed by atoms with Crippen molar-refractivity contribution < 1.29 is 55.8 Å². The molecule has 3 aromatic rings. The molecule has 0 saturated carbocycles. The van der Waals surface area contributed by atoms with Crippen LogP contribution in [0.4, 0.5) is 10.5 Å². The number of anilines is 1. The van der Waals surface area contributed by atoms with Crippen molar-refractivity contribution in [2.75, 3.05) is 31.9 Å². The lowest BCUT2D eigenvalue weighted by Gasteiger charge is -2.38. The van der Waals surface area contributed by atoms with Crippen LogP contribution in [0.25, 0.3) is 0 Å². The van der Waals surface area contributed by atoms with E-state index in [-0.39, 0.29) is 54.7 Å². The SMILES string of the molecule is CC(C(=O)c1cccc(Cl)c1)N(C(=O)OCOC(=O)C(=O)CCCOCCCCCCOC(=O)c1cc(S(N)(=O)=O)c(Cl)cc1NCc1ccco1)C(C)(C)C. The third-order valence-corrected chi connectivity index (χ3v) is 9.75. The van der Waals surface area contributed by atoms with Crippen LogP contribution in [-0.4, -0.2) is 81.1 Å². The molecule has 1 atom stereocenters. The average molecular weight is 841 g/mol. The summed E-state index contributed by atoms with van der Waals surface area (Å²) >= 11 is 12.1. The summed E-state index contributed by atoms with van der Waals surface area (Å²) in [4.78, 5) is 64.1. The second-order valence-corrected chi connectivity index (χ2v) is 15.9. The van der Waals surface area contributed by atoms with E-state index >= 15 is 0 Å². The van der Waals surface area contributed by atoms with Gasteiger partial charge in [-0.1, -0.05) is 41.8 Å². The highest BCUT2D eigenvalue weighted by Gasteiger charge is 2.36. The van der Waals surface area contributed by atoms with Gasteiger partial charge in [0.05, 0.1) is 41.7 Å². The van der Waals surface area contributed by atoms with Gasteiger partial charge in [0.15, 0.2) is 5.78 Å². The number of carbonyl (C=O) groups excluding carboxylic acids is 5. The van der Waals surface area contributed by atoms with Crippen molar-refractivity contribution >= 4 is 68.5 Å². The normalized spacial score (nSPS) is 12.1. The van der Waals surface area contributed by atoms with Crippen LogP contribution in [0, 0.1) is 0 Å². The number of nitrogens with one attached hydrogen (secondary N) is 1. The maximum absolute atomic E-state index is 13.1. The van der Waals surface area contributed by atoms with E-state index in [1.54, 1.807) is 58.0 Å². The van der Waals surface area contributed by atoms with Gasteiger partial charge in [-0.25, -0.2) is 27.9 Å². The molecular weight excluding hydrogens is 793 g/mol. The zero-order chi connectivity index (χ0) is 41.5. The fourth-order valence-electron chi connectivity index (χ4n) is 5.42. The summed E-state index contributed by atoms with van der Waals surface area (Å²) in [5.41, 5.74) is -0.322. The van der Waals surface area contributed by atoms with E-state index in [1.165, 1.54) is 23.3 Å². The van der Waals surface area contributed by atoms with Crippen molar-refractivity contribution in [1.29, 1.82) is 0 Å². The quantitative estimate of drug-likeness (QED) is 0.0346. The molecule has 1 amide bonds. The monoisotopic (exact) mass is 839 g/mol. The van der Waals surface area contributed by atoms with E-state index in [0.717, 1.165) is 12.5 Å². The first-order valence-electron chi connectivity index (χ1n) is 17.7. The average Bonchev–Trinajstić information content (AvgIpc) is 3.65. The Morgan fingerprint density at radius 1 is 0.893 bits per heavy atom. The molecule has 3 N–H and O–H groups in total. The molecule has 2 aromatic carbocycles. The summed E-state index contributed by atoms with van der Waals surface area (Å²) in [5.74, 6) is -2.51. The van der Waals surface area contributed by atoms with E-state index in [2.05, 4.69) is 5.32 Å². The molecule has 1 unspecified atom stereocenters. The number of hydrogen-bond donors (Lipinski definition) is 2. The number of sulfonamides is 1. The molecule has 18 heteroatoms. The fraction of sp³-hybridized carbons (Fsp3) is 0.447. The van der Waals surface area contributed by atoms with Gasteiger partial charge in [-0.3, -0.25) is 14.5 Å². The number of hydrogen-bond acceptors (Lipinski definition) is 13. The van der Waals surface area contributed by atoms with E-state index in [4.69, 9.17) is 51.7 Å². The first kappa shape index (κ1) is 45.9. The molecule has 0 bridgehead atoms. The molecule has 56 heavy (non-hydrogen) atoms. The number of furan rings is 1. The molecule has 1 heterocycles. The largest absolute Gasteiger partial charge is 0.467 e. The molecule has 0 spiro atoms. The molecule has 0 aliphatic carbocycles. The lowest BCUT2D eigenvalue weighted by atomic mass is 9.98. The second kappa shape index (κ2) is 21.7. The Labute approximate surface area is 336 Å². The minimum atomic E-state index is -4.20. The number of ether oxygens (including phenoxy) is 4. The second-order valence-electron chi connectivity index (χ2n) is 13.5. The molecule has 1 aromatic heterocycles. The van der Waals surface area contributed by atoms with Crippen LogP contribution < -0.4 is 10.5 Å². The first-order chi connectivity index (χ1) is 26.4. The van der Waals surface area contributed by atoms with Crippen LogP contribution in [0.1, 0.15) is 92.7 Å². The number of rotatable bonds is 22. The molecule has 0 saturated heterocycles. The van der Waals surface area contributed by atoms with E-state index in [0.29, 0.717) is 42.2 Å². The molecule has 0 aliphatic heterocycles. The molecule has 15 nitrogen and oxygen atoms in total. The molecule has 0 aliphatic rings. The van der Waals surface area contributed by atoms with Crippen LogP contribution in [0.2, 0.25) is 10.0 Å². The Morgan fingerprint density at radius 3 is 2.23 bits per heavy atom. The summed E-state index contributed by atoms with van der Waals surface area (Å²) in [6.45, 7) is 6.81. The Balaban J connectivity index is 1.30. The smallest absolute Gasteiger partial charge is 0.413 e. The van der Waals surface area contributed by atoms with E-state index < -0.39 is 57.1 Å². The number of amides is 1. The maximum Gasteiger partial charge on any atom is 0.413 e. The number of nitrogens with two attached hydrogens (primary N) is 1. The highest BCUT2D eigenvalue weighted by molar-refractivity contribution is 7.89. The predicted octanol–water partition coefficient (Wildman–Crippen LogP) is 6.94. The van der Waals surface area contributed by atoms with Gasteiger partial charge in [-0.05, 0) is 89.8 Å². The topological polar surface area (TPSA) is 211 Å². The lowest BCUT2D eigenvalue weighted by Crippen LogP contribution is -2.53. The zero-order valence-electron chi connectivity index (χ0n) is 31.6. The first-order valence-corrected chi connectivity index (χ1v) is 20.0. The molecular formula is C38H47Cl2N3O12S. The molecule has 3 rings (SSSR count). The van der Waals surface area contributed by atoms with Crippen molar-refractivity contribution in [3.8, 4) is 0 Å². The summed E-state index contributed by atoms with van der Waals surface area (Å²) in [6, 6.07) is 11.2. The van der Waals surface area contributed by atoms with Gasteiger partial charge >= 0.3 is 18.0 Å². The molecule has 0 radical (unpaired) electrons. The van der Waals surface area contributed by atoms with Crippen LogP contribution in [0.3, 0.4) is 0 Å². The highest BCUT2D eigenvalue weighted by Crippen LogP contribution is 2.30. The fourth-order valence-corrected chi connectivity index (χ4v) is 6.71. The lowest BCUT2D eigenvalue weighted by molar-refractivity contribution is -0.160. The number of benzene rings is 2. The van der Waals surface area contributed by atoms with Crippen LogP contribution in [0.15, 0.2) is 64.1 Å². The van der Waals surface area contributed by atoms with Gasteiger partial charge in [0.1, 0.15) is 10.7 Å². The van der Waals surface area contributed by atoms with E-state index in [9.17, 15) is 32.4 Å². The number of esters is 2. The van der Waals surface area contributed by atoms with Gasteiger partial charge < -0.3 is 28.7 Å². The third-order valence-electron chi connectivity index (χ3n) is 8.14. The van der Waals surface area contributed by atoms with Crippen molar-refractivity contribution in [1.82, 2.24) is 4.90 Å². The number of halogens is 2. The predicted molar refractivity (Wildman–Crippen MR) is 207 cm³/mol. The summed E-state index contributed by atoms with van der Waals surface area (Å²) in [7, 11) is -4.20. The van der Waals surface area contributed by atoms with Crippen molar-refractivity contribution in [2.45, 2.75) is 89.2 Å². The Hall–Kier alpha value is -4.48. The summed E-state index contributed by atoms with van der Waals surface area (Å²) in [6.07, 6.45) is 3.42. The number of unbranched alkanes of at least 4 members (excludes halogenated alkanes) is 3. The number of nitrogens with zero attached hydrogens (tertiary/aromatic N) is 1. The van der Waals surface area contributed by atoms with Gasteiger partial charge in [0.2, 0.25) is 22.6 Å². The Morgan fingerprint density at radius 2 is 1.59 bits per heavy atom. The zero-order valence-corrected chi connectivity index (χ0v) is 34.0. The number of carbonyl (C=O) groups is 5. The number of ketones is 2. The molecule has 306 valence electrons. The maximum atomic E-state index is 13.1. The van der Waals surface area contributed by atoms with E-state index in [1.807, 2.05) is 0 Å². The van der Waals surface area contributed by atoms with Crippen molar-refractivity contribution in [3.05, 3.63) is 81.7 Å². The van der Waals surface area contributed by atoms with Crippen molar-refractivity contribution in [3.63, 3.8) is 0 Å². The minimum Gasteiger partial charge on any atom is -0.467 e. The highest BCUT2D eigenvalue weighted by atomic mass is 35.5. The Bertz CT molecular complexity index is 1930. The summed E-state index contributed by atoms with van der Waals surface area (Å²) < 4.78 is 50.1. The van der Waals surface area contributed by atoms with Crippen LogP contribution in [-0.2, 0) is 45.1 Å². The Kier molecular flexibility index (Phi) is 17.8. The van der Waals surface area contributed by atoms with Gasteiger partial charge in [0.25, 0.3) is 0 Å². The number of Topliss-reactive ketones (excluding diaryl/α,β-unsaturated/α-hetero) is 2. The van der Waals surface area contributed by atoms with Crippen LogP contribution in [0.5, 0.6) is 0 Å². The minimum absolute atomic E-state index is 0.0498.